The Hall–Kier alpha value is -2.55. The van der Waals surface area contributed by atoms with E-state index in [0.717, 1.165) is 17.0 Å². The number of nitrogens with zero attached hydrogens (tertiary/aromatic N) is 1. The Morgan fingerprint density at radius 1 is 1.09 bits per heavy atom. The van der Waals surface area contributed by atoms with Gasteiger partial charge in [0.2, 0.25) is 0 Å². The van der Waals surface area contributed by atoms with E-state index < -0.39 is 5.60 Å². The second kappa shape index (κ2) is 5.68. The molecule has 2 aromatic rings. The first kappa shape index (κ1) is 14.4. The highest BCUT2D eigenvalue weighted by atomic mass is 16.5. The average molecular weight is 293 g/mol. The first-order valence-electron chi connectivity index (χ1n) is 7.38. The van der Waals surface area contributed by atoms with E-state index >= 15 is 0 Å². The van der Waals surface area contributed by atoms with Crippen molar-refractivity contribution in [3.63, 3.8) is 0 Å². The van der Waals surface area contributed by atoms with Crippen LogP contribution in [-0.2, 0) is 4.79 Å². The number of para-hydroxylation sites is 2. The summed E-state index contributed by atoms with van der Waals surface area (Å²) in [5, 5.41) is 0. The minimum absolute atomic E-state index is 0.0346. The largest absolute Gasteiger partial charge is 0.484 e. The van der Waals surface area contributed by atoms with Crippen molar-refractivity contribution in [1.82, 2.24) is 0 Å². The normalized spacial score (nSPS) is 16.2. The number of ether oxygens (including phenoxy) is 1. The first-order valence-corrected chi connectivity index (χ1v) is 7.38. The number of benzene rings is 2. The molecular weight excluding hydrogens is 274 g/mol. The summed E-state index contributed by atoms with van der Waals surface area (Å²) in [5.74, 6) is 0.716. The molecular formula is C19H19NO2. The zero-order valence-electron chi connectivity index (χ0n) is 12.8. The summed E-state index contributed by atoms with van der Waals surface area (Å²) in [6, 6.07) is 17.5. The maximum absolute atomic E-state index is 12.6. The molecule has 0 bridgehead atoms. The van der Waals surface area contributed by atoms with Crippen LogP contribution in [0, 0.1) is 0 Å². The molecule has 0 aliphatic carbocycles. The van der Waals surface area contributed by atoms with Crippen molar-refractivity contribution in [3.05, 3.63) is 66.2 Å². The van der Waals surface area contributed by atoms with Gasteiger partial charge in [-0.1, -0.05) is 42.5 Å². The first-order chi connectivity index (χ1) is 10.6. The summed E-state index contributed by atoms with van der Waals surface area (Å²) < 4.78 is 5.94. The van der Waals surface area contributed by atoms with Crippen molar-refractivity contribution in [2.75, 3.05) is 11.4 Å². The number of anilines is 1. The summed E-state index contributed by atoms with van der Waals surface area (Å²) in [7, 11) is 0. The highest BCUT2D eigenvalue weighted by Gasteiger charge is 2.33. The number of hydrogen-bond acceptors (Lipinski definition) is 2. The molecule has 112 valence electrons. The molecule has 0 saturated carbocycles. The second-order valence-electron chi connectivity index (χ2n) is 6.00. The third-order valence-electron chi connectivity index (χ3n) is 3.57. The van der Waals surface area contributed by atoms with Crippen molar-refractivity contribution in [1.29, 1.82) is 0 Å². The van der Waals surface area contributed by atoms with Crippen LogP contribution in [0.15, 0.2) is 60.7 Å². The van der Waals surface area contributed by atoms with Crippen LogP contribution >= 0.6 is 0 Å². The highest BCUT2D eigenvalue weighted by Crippen LogP contribution is 2.36. The van der Waals surface area contributed by atoms with Gasteiger partial charge in [-0.2, -0.15) is 0 Å². The van der Waals surface area contributed by atoms with E-state index in [0.29, 0.717) is 6.54 Å². The van der Waals surface area contributed by atoms with Gasteiger partial charge in [-0.25, -0.2) is 0 Å². The maximum Gasteiger partial charge on any atom is 0.251 e. The lowest BCUT2D eigenvalue weighted by atomic mass is 10.0. The number of fused-ring (bicyclic) bond motifs is 1. The maximum atomic E-state index is 12.6. The van der Waals surface area contributed by atoms with E-state index in [2.05, 4.69) is 0 Å². The van der Waals surface area contributed by atoms with Gasteiger partial charge in [0.1, 0.15) is 11.4 Å². The summed E-state index contributed by atoms with van der Waals surface area (Å²) in [4.78, 5) is 14.4. The van der Waals surface area contributed by atoms with Gasteiger partial charge in [0.25, 0.3) is 5.91 Å². The van der Waals surface area contributed by atoms with E-state index in [1.54, 1.807) is 11.0 Å². The number of amides is 1. The zero-order chi connectivity index (χ0) is 15.6. The fourth-order valence-corrected chi connectivity index (χ4v) is 2.58. The molecule has 1 aliphatic heterocycles. The molecule has 1 amide bonds. The average Bonchev–Trinajstić information content (AvgIpc) is 2.52. The summed E-state index contributed by atoms with van der Waals surface area (Å²) in [6.07, 6.45) is 3.46. The number of rotatable bonds is 2. The van der Waals surface area contributed by atoms with Crippen LogP contribution in [0.4, 0.5) is 5.69 Å². The Kier molecular flexibility index (Phi) is 3.72. The van der Waals surface area contributed by atoms with Crippen LogP contribution in [0.5, 0.6) is 5.75 Å². The van der Waals surface area contributed by atoms with Crippen molar-refractivity contribution in [2.24, 2.45) is 0 Å². The van der Waals surface area contributed by atoms with E-state index in [-0.39, 0.29) is 5.91 Å². The molecule has 1 aliphatic rings. The molecule has 0 unspecified atom stereocenters. The lowest BCUT2D eigenvalue weighted by molar-refractivity contribution is -0.115. The Balaban J connectivity index is 1.87. The monoisotopic (exact) mass is 293 g/mol. The molecule has 22 heavy (non-hydrogen) atoms. The van der Waals surface area contributed by atoms with Gasteiger partial charge in [0, 0.05) is 6.08 Å². The fourth-order valence-electron chi connectivity index (χ4n) is 2.58. The van der Waals surface area contributed by atoms with Gasteiger partial charge in [-0.3, -0.25) is 4.79 Å². The van der Waals surface area contributed by atoms with Crippen LogP contribution in [0.2, 0.25) is 0 Å². The van der Waals surface area contributed by atoms with Crippen molar-refractivity contribution >= 4 is 17.7 Å². The highest BCUT2D eigenvalue weighted by molar-refractivity contribution is 6.05. The van der Waals surface area contributed by atoms with Crippen LogP contribution in [-0.4, -0.2) is 18.1 Å². The molecule has 0 fully saturated rings. The summed E-state index contributed by atoms with van der Waals surface area (Å²) in [5.41, 5.74) is 1.44. The SMILES string of the molecule is CC1(C)CN(C(=O)/C=C/c2ccccc2)c2ccccc2O1. The molecule has 0 aromatic heterocycles. The molecule has 3 heteroatoms. The predicted octanol–water partition coefficient (Wildman–Crippen LogP) is 3.90. The Morgan fingerprint density at radius 2 is 1.77 bits per heavy atom. The molecule has 1 heterocycles. The second-order valence-corrected chi connectivity index (χ2v) is 6.00. The smallest absolute Gasteiger partial charge is 0.251 e. The summed E-state index contributed by atoms with van der Waals surface area (Å²) in [6.45, 7) is 4.51. The van der Waals surface area contributed by atoms with Crippen LogP contribution in [0.3, 0.4) is 0 Å². The molecule has 0 radical (unpaired) electrons. The van der Waals surface area contributed by atoms with E-state index in [1.165, 1.54) is 0 Å². The van der Waals surface area contributed by atoms with Crippen molar-refractivity contribution < 1.29 is 9.53 Å². The van der Waals surface area contributed by atoms with Gasteiger partial charge in [-0.05, 0) is 37.6 Å². The van der Waals surface area contributed by atoms with Crippen LogP contribution < -0.4 is 9.64 Å². The van der Waals surface area contributed by atoms with E-state index in [4.69, 9.17) is 4.74 Å². The van der Waals surface area contributed by atoms with Crippen LogP contribution in [0.25, 0.3) is 6.08 Å². The van der Waals surface area contributed by atoms with Crippen LogP contribution in [0.1, 0.15) is 19.4 Å². The minimum Gasteiger partial charge on any atom is -0.484 e. The third-order valence-corrected chi connectivity index (χ3v) is 3.57. The Morgan fingerprint density at radius 3 is 2.55 bits per heavy atom. The van der Waals surface area contributed by atoms with Gasteiger partial charge < -0.3 is 9.64 Å². The fraction of sp³-hybridized carbons (Fsp3) is 0.211. The lowest BCUT2D eigenvalue weighted by Crippen LogP contribution is -2.48. The molecule has 0 spiro atoms. The minimum atomic E-state index is -0.398. The van der Waals surface area contributed by atoms with Crippen molar-refractivity contribution in [3.8, 4) is 5.75 Å². The topological polar surface area (TPSA) is 29.5 Å². The van der Waals surface area contributed by atoms with Gasteiger partial charge in [0.05, 0.1) is 12.2 Å². The van der Waals surface area contributed by atoms with Gasteiger partial charge in [0.15, 0.2) is 0 Å². The standard InChI is InChI=1S/C19H19NO2/c1-19(2)14-20(16-10-6-7-11-17(16)22-19)18(21)13-12-15-8-4-3-5-9-15/h3-13H,14H2,1-2H3/b13-12+. The molecule has 0 atom stereocenters. The lowest BCUT2D eigenvalue weighted by Gasteiger charge is -2.39. The van der Waals surface area contributed by atoms with Gasteiger partial charge in [-0.15, -0.1) is 0 Å². The van der Waals surface area contributed by atoms with E-state index in [9.17, 15) is 4.79 Å². The number of carbonyl (C=O) groups is 1. The number of hydrogen-bond donors (Lipinski definition) is 0. The predicted molar refractivity (Wildman–Crippen MR) is 89.0 cm³/mol. The quantitative estimate of drug-likeness (QED) is 0.786. The number of carbonyl (C=O) groups excluding carboxylic acids is 1. The molecule has 3 rings (SSSR count). The molecule has 2 aromatic carbocycles. The Labute approximate surface area is 130 Å². The summed E-state index contributed by atoms with van der Waals surface area (Å²) >= 11 is 0. The Bertz CT molecular complexity index is 704. The molecule has 0 N–H and O–H groups in total. The molecule has 3 nitrogen and oxygen atoms in total. The molecule has 0 saturated heterocycles. The zero-order valence-corrected chi connectivity index (χ0v) is 12.8. The van der Waals surface area contributed by atoms with Crippen molar-refractivity contribution in [2.45, 2.75) is 19.4 Å². The third kappa shape index (κ3) is 3.03. The van der Waals surface area contributed by atoms with E-state index in [1.807, 2.05) is 74.5 Å². The van der Waals surface area contributed by atoms with Gasteiger partial charge >= 0.3 is 0 Å².